The summed E-state index contributed by atoms with van der Waals surface area (Å²) in [7, 11) is 1.26. The summed E-state index contributed by atoms with van der Waals surface area (Å²) in [5.41, 5.74) is 0.894. The van der Waals surface area contributed by atoms with E-state index in [0.29, 0.717) is 11.3 Å². The Hall–Kier alpha value is -2.08. The average molecular weight is 253 g/mol. The van der Waals surface area contributed by atoms with Gasteiger partial charge in [0.2, 0.25) is 0 Å². The van der Waals surface area contributed by atoms with Gasteiger partial charge in [0, 0.05) is 5.69 Å². The molecule has 1 unspecified atom stereocenters. The van der Waals surface area contributed by atoms with Crippen LogP contribution >= 0.6 is 0 Å². The van der Waals surface area contributed by atoms with Crippen LogP contribution in [0.4, 0.5) is 10.5 Å². The number of carbonyl (C=O) groups is 2. The van der Waals surface area contributed by atoms with Crippen LogP contribution in [-0.2, 0) is 14.3 Å². The lowest BCUT2D eigenvalue weighted by atomic mass is 10.1. The van der Waals surface area contributed by atoms with E-state index in [9.17, 15) is 14.7 Å². The number of ether oxygens (including phenoxy) is 2. The Morgan fingerprint density at radius 1 is 1.33 bits per heavy atom. The number of benzene rings is 1. The first-order valence-corrected chi connectivity index (χ1v) is 5.38. The van der Waals surface area contributed by atoms with Crippen molar-refractivity contribution in [1.82, 2.24) is 0 Å². The fraction of sp³-hybridized carbons (Fsp3) is 0.333. The molecule has 98 valence electrons. The van der Waals surface area contributed by atoms with E-state index in [-0.39, 0.29) is 6.61 Å². The van der Waals surface area contributed by atoms with Crippen LogP contribution in [0.15, 0.2) is 24.3 Å². The Morgan fingerprint density at radius 2 is 1.94 bits per heavy atom. The molecule has 1 aromatic rings. The minimum Gasteiger partial charge on any atom is -0.464 e. The van der Waals surface area contributed by atoms with Gasteiger partial charge in [-0.25, -0.2) is 9.59 Å². The summed E-state index contributed by atoms with van der Waals surface area (Å²) in [6, 6.07) is 6.14. The number of nitrogens with one attached hydrogen (secondary N) is 1. The molecule has 1 atom stereocenters. The topological polar surface area (TPSA) is 84.9 Å². The Kier molecular flexibility index (Phi) is 5.13. The van der Waals surface area contributed by atoms with E-state index < -0.39 is 18.2 Å². The van der Waals surface area contributed by atoms with E-state index in [1.54, 1.807) is 19.1 Å². The molecule has 0 heterocycles. The highest BCUT2D eigenvalue weighted by atomic mass is 16.5. The number of esters is 1. The van der Waals surface area contributed by atoms with Crippen molar-refractivity contribution in [2.75, 3.05) is 19.0 Å². The van der Waals surface area contributed by atoms with Crippen LogP contribution in [0.25, 0.3) is 0 Å². The first-order valence-electron chi connectivity index (χ1n) is 5.38. The van der Waals surface area contributed by atoms with Crippen molar-refractivity contribution in [2.24, 2.45) is 0 Å². The number of aliphatic hydroxyl groups is 1. The van der Waals surface area contributed by atoms with Crippen LogP contribution < -0.4 is 5.32 Å². The van der Waals surface area contributed by atoms with Crippen LogP contribution in [0.3, 0.4) is 0 Å². The van der Waals surface area contributed by atoms with Crippen LogP contribution in [0, 0.1) is 0 Å². The summed E-state index contributed by atoms with van der Waals surface area (Å²) in [6.07, 6.45) is -1.91. The van der Waals surface area contributed by atoms with Crippen LogP contribution in [-0.4, -0.2) is 30.9 Å². The Morgan fingerprint density at radius 3 is 2.44 bits per heavy atom. The Labute approximate surface area is 105 Å². The molecule has 0 bridgehead atoms. The molecule has 0 spiro atoms. The predicted octanol–water partition coefficient (Wildman–Crippen LogP) is 1.46. The molecule has 0 saturated heterocycles. The quantitative estimate of drug-likeness (QED) is 0.793. The van der Waals surface area contributed by atoms with E-state index in [0.717, 1.165) is 0 Å². The van der Waals surface area contributed by atoms with E-state index in [1.165, 1.54) is 19.2 Å². The molecule has 18 heavy (non-hydrogen) atoms. The lowest BCUT2D eigenvalue weighted by molar-refractivity contribution is -0.153. The first kappa shape index (κ1) is 14.0. The zero-order chi connectivity index (χ0) is 13.5. The van der Waals surface area contributed by atoms with E-state index in [1.807, 2.05) is 0 Å². The minimum atomic E-state index is -1.32. The zero-order valence-corrected chi connectivity index (χ0v) is 10.2. The van der Waals surface area contributed by atoms with Crippen LogP contribution in [0.1, 0.15) is 18.6 Å². The van der Waals surface area contributed by atoms with Gasteiger partial charge in [0.05, 0.1) is 13.7 Å². The summed E-state index contributed by atoms with van der Waals surface area (Å²) in [5.74, 6) is -0.703. The van der Waals surface area contributed by atoms with Gasteiger partial charge in [-0.1, -0.05) is 12.1 Å². The van der Waals surface area contributed by atoms with E-state index >= 15 is 0 Å². The summed E-state index contributed by atoms with van der Waals surface area (Å²) < 4.78 is 9.12. The number of methoxy groups -OCH3 is 1. The summed E-state index contributed by atoms with van der Waals surface area (Å²) in [5, 5.41) is 12.1. The lowest BCUT2D eigenvalue weighted by Crippen LogP contribution is -2.15. The van der Waals surface area contributed by atoms with Crippen molar-refractivity contribution in [3.05, 3.63) is 29.8 Å². The highest BCUT2D eigenvalue weighted by molar-refractivity contribution is 5.84. The largest absolute Gasteiger partial charge is 0.464 e. The monoisotopic (exact) mass is 253 g/mol. The van der Waals surface area contributed by atoms with Crippen molar-refractivity contribution in [3.8, 4) is 0 Å². The van der Waals surface area contributed by atoms with Gasteiger partial charge < -0.3 is 14.6 Å². The summed E-state index contributed by atoms with van der Waals surface area (Å²) in [4.78, 5) is 22.2. The molecule has 0 radical (unpaired) electrons. The molecule has 2 N–H and O–H groups in total. The maximum atomic E-state index is 11.3. The zero-order valence-electron chi connectivity index (χ0n) is 10.2. The molecule has 0 aliphatic carbocycles. The second-order valence-corrected chi connectivity index (χ2v) is 3.39. The van der Waals surface area contributed by atoms with E-state index in [4.69, 9.17) is 4.74 Å². The number of aliphatic hydroxyl groups excluding tert-OH is 1. The number of hydrogen-bond acceptors (Lipinski definition) is 5. The van der Waals surface area contributed by atoms with Crippen LogP contribution in [0.2, 0.25) is 0 Å². The molecule has 0 fully saturated rings. The molecule has 6 heteroatoms. The normalized spacial score (nSPS) is 11.5. The fourth-order valence-electron chi connectivity index (χ4n) is 1.27. The van der Waals surface area contributed by atoms with Crippen molar-refractivity contribution in [1.29, 1.82) is 0 Å². The molecule has 1 amide bonds. The maximum Gasteiger partial charge on any atom is 0.411 e. The number of carbonyl (C=O) groups excluding carboxylic acids is 2. The number of rotatable bonds is 4. The van der Waals surface area contributed by atoms with Crippen LogP contribution in [0.5, 0.6) is 0 Å². The minimum absolute atomic E-state index is 0.206. The van der Waals surface area contributed by atoms with Crippen molar-refractivity contribution in [3.63, 3.8) is 0 Å². The average Bonchev–Trinajstić information content (AvgIpc) is 2.39. The summed E-state index contributed by atoms with van der Waals surface area (Å²) >= 11 is 0. The highest BCUT2D eigenvalue weighted by Gasteiger charge is 2.18. The van der Waals surface area contributed by atoms with Crippen molar-refractivity contribution >= 4 is 17.7 Å². The van der Waals surface area contributed by atoms with Gasteiger partial charge in [-0.2, -0.15) is 0 Å². The van der Waals surface area contributed by atoms with Gasteiger partial charge in [0.1, 0.15) is 0 Å². The highest BCUT2D eigenvalue weighted by Crippen LogP contribution is 2.17. The second kappa shape index (κ2) is 6.61. The third kappa shape index (κ3) is 3.74. The molecule has 6 nitrogen and oxygen atoms in total. The standard InChI is InChI=1S/C12H15NO5/c1-3-18-11(15)10(14)8-4-6-9(7-5-8)13-12(16)17-2/h4-7,10,14H,3H2,1-2H3,(H,13,16). The third-order valence-corrected chi connectivity index (χ3v) is 2.17. The van der Waals surface area contributed by atoms with Gasteiger partial charge in [-0.3, -0.25) is 5.32 Å². The van der Waals surface area contributed by atoms with E-state index in [2.05, 4.69) is 10.1 Å². The molecule has 0 aliphatic heterocycles. The Bertz CT molecular complexity index is 415. The van der Waals surface area contributed by atoms with Crippen molar-refractivity contribution in [2.45, 2.75) is 13.0 Å². The number of hydrogen-bond donors (Lipinski definition) is 2. The van der Waals surface area contributed by atoms with Crippen molar-refractivity contribution < 1.29 is 24.2 Å². The molecular formula is C12H15NO5. The fourth-order valence-corrected chi connectivity index (χ4v) is 1.27. The van der Waals surface area contributed by atoms with Gasteiger partial charge >= 0.3 is 12.1 Å². The molecule has 1 rings (SSSR count). The van der Waals surface area contributed by atoms with Gasteiger partial charge in [-0.05, 0) is 24.6 Å². The number of amides is 1. The molecule has 1 aromatic carbocycles. The van der Waals surface area contributed by atoms with Gasteiger partial charge in [0.15, 0.2) is 6.10 Å². The lowest BCUT2D eigenvalue weighted by Gasteiger charge is -2.10. The molecule has 0 saturated carbocycles. The Balaban J connectivity index is 2.70. The molecule has 0 aliphatic rings. The molecule has 0 aromatic heterocycles. The van der Waals surface area contributed by atoms with Gasteiger partial charge in [-0.15, -0.1) is 0 Å². The third-order valence-electron chi connectivity index (χ3n) is 2.17. The summed E-state index contributed by atoms with van der Waals surface area (Å²) in [6.45, 7) is 1.87. The SMILES string of the molecule is CCOC(=O)C(O)c1ccc(NC(=O)OC)cc1. The number of anilines is 1. The maximum absolute atomic E-state index is 11.3. The van der Waals surface area contributed by atoms with Gasteiger partial charge in [0.25, 0.3) is 0 Å². The smallest absolute Gasteiger partial charge is 0.411 e. The second-order valence-electron chi connectivity index (χ2n) is 3.39. The molecular weight excluding hydrogens is 238 g/mol. The first-order chi connectivity index (χ1) is 8.58. The predicted molar refractivity (Wildman–Crippen MR) is 64.1 cm³/mol.